The molecule has 4 N–H and O–H groups in total. The summed E-state index contributed by atoms with van der Waals surface area (Å²) >= 11 is 3.91. The molecule has 0 aromatic heterocycles. The van der Waals surface area contributed by atoms with E-state index < -0.39 is 0 Å². The fourth-order valence-corrected chi connectivity index (χ4v) is 8.15. The Morgan fingerprint density at radius 2 is 2.00 bits per heavy atom. The lowest BCUT2D eigenvalue weighted by Crippen LogP contribution is -2.43. The molecule has 4 aliphatic rings. The van der Waals surface area contributed by atoms with Gasteiger partial charge < -0.3 is 19.9 Å². The number of hydrogen-bond acceptors (Lipinski definition) is 8. The van der Waals surface area contributed by atoms with Crippen LogP contribution in [-0.4, -0.2) is 59.1 Å². The maximum Gasteiger partial charge on any atom is 0.170 e. The van der Waals surface area contributed by atoms with Crippen molar-refractivity contribution >= 4 is 23.5 Å². The van der Waals surface area contributed by atoms with Crippen molar-refractivity contribution in [2.45, 2.75) is 87.8 Å². The van der Waals surface area contributed by atoms with Crippen LogP contribution in [0.3, 0.4) is 0 Å². The van der Waals surface area contributed by atoms with Gasteiger partial charge in [-0.05, 0) is 49.9 Å². The first kappa shape index (κ1) is 22.6. The van der Waals surface area contributed by atoms with E-state index in [2.05, 4.69) is 30.0 Å². The molecule has 10 atom stereocenters. The number of hydrogen-bond donors (Lipinski definition) is 4. The summed E-state index contributed by atoms with van der Waals surface area (Å²) in [7, 11) is 1.72. The maximum absolute atomic E-state index is 10.0. The minimum Gasteiger partial charge on any atom is -0.390 e. The molecular formula is C21H39N3O3S2. The molecule has 8 heteroatoms. The zero-order valence-electron chi connectivity index (χ0n) is 18.0. The van der Waals surface area contributed by atoms with Gasteiger partial charge in [-0.2, -0.15) is 0 Å². The summed E-state index contributed by atoms with van der Waals surface area (Å²) in [5.41, 5.74) is 6.82. The normalized spacial score (nSPS) is 48.8. The van der Waals surface area contributed by atoms with E-state index in [1.165, 1.54) is 19.3 Å². The molecule has 2 aliphatic carbocycles. The summed E-state index contributed by atoms with van der Waals surface area (Å²) < 4.78 is 11.8. The van der Waals surface area contributed by atoms with Gasteiger partial charge in [-0.15, -0.1) is 23.5 Å². The van der Waals surface area contributed by atoms with E-state index in [0.29, 0.717) is 23.3 Å². The van der Waals surface area contributed by atoms with Gasteiger partial charge in [0.2, 0.25) is 0 Å². The van der Waals surface area contributed by atoms with E-state index in [-0.39, 0.29) is 24.0 Å². The van der Waals surface area contributed by atoms with Crippen molar-refractivity contribution < 1.29 is 14.6 Å². The van der Waals surface area contributed by atoms with Gasteiger partial charge in [0.05, 0.1) is 17.6 Å². The molecule has 0 aromatic rings. The first-order valence-corrected chi connectivity index (χ1v) is 13.5. The number of aliphatic hydroxyl groups is 1. The summed E-state index contributed by atoms with van der Waals surface area (Å²) in [5, 5.41) is 14.4. The summed E-state index contributed by atoms with van der Waals surface area (Å²) in [6.07, 6.45) is 6.64. The van der Waals surface area contributed by atoms with Crippen LogP contribution in [-0.2, 0) is 9.47 Å². The molecule has 2 heterocycles. The number of rotatable bonds is 6. The van der Waals surface area contributed by atoms with E-state index in [0.717, 1.165) is 42.6 Å². The highest BCUT2D eigenvalue weighted by Crippen LogP contribution is 2.38. The largest absolute Gasteiger partial charge is 0.390 e. The fourth-order valence-electron chi connectivity index (χ4n) is 5.57. The third-order valence-electron chi connectivity index (χ3n) is 7.35. The molecule has 168 valence electrons. The van der Waals surface area contributed by atoms with Crippen LogP contribution in [0.25, 0.3) is 0 Å². The van der Waals surface area contributed by atoms with Gasteiger partial charge in [0.1, 0.15) is 6.23 Å². The summed E-state index contributed by atoms with van der Waals surface area (Å²) in [6.45, 7) is 4.75. The monoisotopic (exact) mass is 445 g/mol. The molecule has 0 aromatic carbocycles. The summed E-state index contributed by atoms with van der Waals surface area (Å²) in [5.74, 6) is 4.98. The van der Waals surface area contributed by atoms with E-state index >= 15 is 0 Å². The lowest BCUT2D eigenvalue weighted by molar-refractivity contribution is -0.0513. The SMILES string of the molecule is COC1CC(C2NC(CSC3NNC(C4CCC(C)CC4C)O3)CS2)CCC1O. The number of aliphatic hydroxyl groups excluding tert-OH is 1. The topological polar surface area (TPSA) is 74.8 Å². The van der Waals surface area contributed by atoms with Crippen LogP contribution in [0.5, 0.6) is 0 Å². The Morgan fingerprint density at radius 3 is 2.79 bits per heavy atom. The Bertz CT molecular complexity index is 531. The Kier molecular flexibility index (Phi) is 8.11. The first-order chi connectivity index (χ1) is 14.0. The predicted molar refractivity (Wildman–Crippen MR) is 120 cm³/mol. The molecule has 0 radical (unpaired) electrons. The highest BCUT2D eigenvalue weighted by atomic mass is 32.2. The Hall–Kier alpha value is 0.460. The predicted octanol–water partition coefficient (Wildman–Crippen LogP) is 2.73. The molecule has 2 saturated carbocycles. The van der Waals surface area contributed by atoms with Crippen LogP contribution in [0.4, 0.5) is 0 Å². The smallest absolute Gasteiger partial charge is 0.170 e. The van der Waals surface area contributed by atoms with Crippen LogP contribution >= 0.6 is 23.5 Å². The third kappa shape index (κ3) is 5.64. The molecule has 0 bridgehead atoms. The number of thioether (sulfide) groups is 2. The highest BCUT2D eigenvalue weighted by molar-refractivity contribution is 8.01. The van der Waals surface area contributed by atoms with Gasteiger partial charge in [0, 0.05) is 30.6 Å². The van der Waals surface area contributed by atoms with E-state index in [4.69, 9.17) is 9.47 Å². The van der Waals surface area contributed by atoms with E-state index in [1.807, 2.05) is 23.5 Å². The van der Waals surface area contributed by atoms with Crippen molar-refractivity contribution in [2.75, 3.05) is 18.6 Å². The minimum absolute atomic E-state index is 0.00571. The molecule has 4 fully saturated rings. The average Bonchev–Trinajstić information content (AvgIpc) is 3.36. The van der Waals surface area contributed by atoms with Crippen molar-refractivity contribution in [3.8, 4) is 0 Å². The summed E-state index contributed by atoms with van der Waals surface area (Å²) in [4.78, 5) is 0. The molecule has 4 rings (SSSR count). The van der Waals surface area contributed by atoms with Crippen LogP contribution in [0.15, 0.2) is 0 Å². The molecular weight excluding hydrogens is 406 g/mol. The van der Waals surface area contributed by atoms with Gasteiger partial charge in [0.25, 0.3) is 0 Å². The van der Waals surface area contributed by atoms with Crippen LogP contribution < -0.4 is 16.2 Å². The molecule has 29 heavy (non-hydrogen) atoms. The van der Waals surface area contributed by atoms with Gasteiger partial charge >= 0.3 is 0 Å². The summed E-state index contributed by atoms with van der Waals surface area (Å²) in [6, 6.07) is 0.516. The second kappa shape index (κ2) is 10.4. The Morgan fingerprint density at radius 1 is 1.14 bits per heavy atom. The zero-order chi connectivity index (χ0) is 20.4. The fraction of sp³-hybridized carbons (Fsp3) is 1.00. The number of hydrazine groups is 1. The van der Waals surface area contributed by atoms with E-state index in [9.17, 15) is 5.11 Å². The lowest BCUT2D eigenvalue weighted by atomic mass is 9.75. The average molecular weight is 446 g/mol. The minimum atomic E-state index is -0.296. The number of ether oxygens (including phenoxy) is 2. The van der Waals surface area contributed by atoms with Crippen LogP contribution in [0.2, 0.25) is 0 Å². The highest BCUT2D eigenvalue weighted by Gasteiger charge is 2.39. The molecule has 6 nitrogen and oxygen atoms in total. The second-order valence-corrected chi connectivity index (χ2v) is 11.9. The van der Waals surface area contributed by atoms with Gasteiger partial charge in [-0.1, -0.05) is 20.3 Å². The molecule has 2 saturated heterocycles. The third-order valence-corrected chi connectivity index (χ3v) is 9.96. The van der Waals surface area contributed by atoms with Crippen molar-refractivity contribution in [1.29, 1.82) is 0 Å². The Labute approximate surface area is 184 Å². The van der Waals surface area contributed by atoms with Crippen molar-refractivity contribution in [3.63, 3.8) is 0 Å². The molecule has 10 unspecified atom stereocenters. The van der Waals surface area contributed by atoms with E-state index in [1.54, 1.807) is 7.11 Å². The van der Waals surface area contributed by atoms with Gasteiger partial charge in [-0.25, -0.2) is 10.9 Å². The first-order valence-electron chi connectivity index (χ1n) is 11.4. The van der Waals surface area contributed by atoms with Gasteiger partial charge in [0.15, 0.2) is 5.56 Å². The number of methoxy groups -OCH3 is 1. The Balaban J connectivity index is 1.17. The van der Waals surface area contributed by atoms with Crippen molar-refractivity contribution in [3.05, 3.63) is 0 Å². The second-order valence-electron chi connectivity index (χ2n) is 9.60. The molecule has 2 aliphatic heterocycles. The van der Waals surface area contributed by atoms with Crippen LogP contribution in [0, 0.1) is 23.7 Å². The molecule has 0 spiro atoms. The van der Waals surface area contributed by atoms with Crippen molar-refractivity contribution in [1.82, 2.24) is 16.2 Å². The lowest BCUT2D eigenvalue weighted by Gasteiger charge is -2.35. The molecule has 0 amide bonds. The van der Waals surface area contributed by atoms with Crippen molar-refractivity contribution in [2.24, 2.45) is 23.7 Å². The number of nitrogens with one attached hydrogen (secondary N) is 3. The quantitative estimate of drug-likeness (QED) is 0.497. The maximum atomic E-state index is 10.0. The zero-order valence-corrected chi connectivity index (χ0v) is 19.6. The van der Waals surface area contributed by atoms with Gasteiger partial charge in [-0.3, -0.25) is 0 Å². The van der Waals surface area contributed by atoms with Crippen LogP contribution in [0.1, 0.15) is 52.4 Å². The standard InChI is InChI=1S/C21H39N3O3S2/c1-12-4-6-16(13(2)8-12)19-23-24-21(27-19)29-11-15-10-28-20(22-15)14-5-7-17(25)18(9-14)26-3/h12-25H,4-11H2,1-3H3.